The molecule has 0 saturated heterocycles. The number of para-hydroxylation sites is 1. The average molecular weight is 305 g/mol. The molecular formula is C15H19N3O2S. The van der Waals surface area contributed by atoms with E-state index in [0.717, 1.165) is 16.3 Å². The first kappa shape index (κ1) is 15.5. The van der Waals surface area contributed by atoms with E-state index in [4.69, 9.17) is 10.5 Å². The lowest BCUT2D eigenvalue weighted by Crippen LogP contribution is -2.33. The van der Waals surface area contributed by atoms with Gasteiger partial charge >= 0.3 is 0 Å². The third kappa shape index (κ3) is 4.27. The maximum atomic E-state index is 11.9. The van der Waals surface area contributed by atoms with Crippen LogP contribution in [0.5, 0.6) is 5.75 Å². The lowest BCUT2D eigenvalue weighted by molar-refractivity contribution is 0.0927. The van der Waals surface area contributed by atoms with Gasteiger partial charge in [-0.1, -0.05) is 18.2 Å². The number of benzene rings is 1. The highest BCUT2D eigenvalue weighted by atomic mass is 32.1. The van der Waals surface area contributed by atoms with Crippen LogP contribution in [0.3, 0.4) is 0 Å². The first-order valence-corrected chi connectivity index (χ1v) is 7.63. The molecule has 21 heavy (non-hydrogen) atoms. The highest BCUT2D eigenvalue weighted by Gasteiger charge is 2.12. The van der Waals surface area contributed by atoms with Crippen LogP contribution >= 0.6 is 11.3 Å². The van der Waals surface area contributed by atoms with Crippen molar-refractivity contribution < 1.29 is 9.53 Å². The largest absolute Gasteiger partial charge is 0.489 e. The first-order chi connectivity index (χ1) is 10.1. The lowest BCUT2D eigenvalue weighted by Gasteiger charge is -2.16. The van der Waals surface area contributed by atoms with E-state index in [-0.39, 0.29) is 12.0 Å². The molecular weight excluding hydrogens is 286 g/mol. The topological polar surface area (TPSA) is 77.2 Å². The minimum atomic E-state index is -0.203. The molecule has 2 rings (SSSR count). The number of nitrogens with one attached hydrogen (secondary N) is 1. The van der Waals surface area contributed by atoms with Crippen molar-refractivity contribution in [3.05, 3.63) is 45.9 Å². The third-order valence-corrected chi connectivity index (χ3v) is 3.80. The second kappa shape index (κ2) is 7.19. The Hall–Kier alpha value is -1.92. The van der Waals surface area contributed by atoms with Crippen LogP contribution in [-0.4, -0.2) is 23.5 Å². The van der Waals surface area contributed by atoms with E-state index in [2.05, 4.69) is 10.3 Å². The van der Waals surface area contributed by atoms with Crippen LogP contribution in [0.4, 0.5) is 0 Å². The Labute approximate surface area is 128 Å². The van der Waals surface area contributed by atoms with Crippen molar-refractivity contribution in [1.82, 2.24) is 10.3 Å². The van der Waals surface area contributed by atoms with Gasteiger partial charge in [-0.2, -0.15) is 0 Å². The molecule has 0 aliphatic heterocycles. The van der Waals surface area contributed by atoms with Crippen molar-refractivity contribution >= 4 is 17.2 Å². The molecule has 1 unspecified atom stereocenters. The Kier molecular flexibility index (Phi) is 5.30. The van der Waals surface area contributed by atoms with Crippen molar-refractivity contribution in [2.75, 3.05) is 6.54 Å². The number of nitrogens with zero attached hydrogens (tertiary/aromatic N) is 1. The van der Waals surface area contributed by atoms with Gasteiger partial charge in [-0.25, -0.2) is 4.98 Å². The summed E-state index contributed by atoms with van der Waals surface area (Å²) in [6.07, 6.45) is -0.123. The molecule has 0 spiro atoms. The summed E-state index contributed by atoms with van der Waals surface area (Å²) in [5.41, 5.74) is 6.96. The van der Waals surface area contributed by atoms with Gasteiger partial charge in [-0.15, -0.1) is 11.3 Å². The summed E-state index contributed by atoms with van der Waals surface area (Å²) in [4.78, 5) is 16.1. The van der Waals surface area contributed by atoms with Crippen molar-refractivity contribution in [2.24, 2.45) is 5.73 Å². The fourth-order valence-electron chi connectivity index (χ4n) is 1.78. The summed E-state index contributed by atoms with van der Waals surface area (Å²) >= 11 is 1.39. The van der Waals surface area contributed by atoms with Gasteiger partial charge in [0, 0.05) is 11.9 Å². The minimum Gasteiger partial charge on any atom is -0.489 e. The molecule has 0 bridgehead atoms. The number of carbonyl (C=O) groups is 1. The van der Waals surface area contributed by atoms with Crippen LogP contribution in [0, 0.1) is 6.92 Å². The number of aromatic nitrogens is 1. The second-order valence-corrected chi connectivity index (χ2v) is 5.68. The van der Waals surface area contributed by atoms with Gasteiger partial charge in [-0.3, -0.25) is 4.79 Å². The van der Waals surface area contributed by atoms with Gasteiger partial charge in [0.2, 0.25) is 0 Å². The smallest absolute Gasteiger partial charge is 0.270 e. The Morgan fingerprint density at radius 3 is 2.90 bits per heavy atom. The Morgan fingerprint density at radius 2 is 2.24 bits per heavy atom. The van der Waals surface area contributed by atoms with Gasteiger partial charge in [0.05, 0.1) is 6.54 Å². The molecule has 0 aliphatic carbocycles. The van der Waals surface area contributed by atoms with E-state index in [1.165, 1.54) is 11.3 Å². The zero-order valence-corrected chi connectivity index (χ0v) is 12.9. The molecule has 2 aromatic rings. The summed E-state index contributed by atoms with van der Waals surface area (Å²) in [6.45, 7) is 4.68. The van der Waals surface area contributed by atoms with E-state index in [0.29, 0.717) is 18.8 Å². The number of aryl methyl sites for hydroxylation is 1. The molecule has 0 saturated carbocycles. The number of carbonyl (C=O) groups excluding carboxylic acids is 1. The molecule has 1 aromatic carbocycles. The summed E-state index contributed by atoms with van der Waals surface area (Å²) in [5.74, 6) is 0.629. The molecule has 0 radical (unpaired) electrons. The predicted octanol–water partition coefficient (Wildman–Crippen LogP) is 2.11. The van der Waals surface area contributed by atoms with E-state index < -0.39 is 0 Å². The van der Waals surface area contributed by atoms with Crippen molar-refractivity contribution in [3.63, 3.8) is 0 Å². The van der Waals surface area contributed by atoms with Crippen LogP contribution in [0.2, 0.25) is 0 Å². The number of rotatable bonds is 6. The quantitative estimate of drug-likeness (QED) is 0.857. The van der Waals surface area contributed by atoms with Gasteiger partial charge in [0.1, 0.15) is 22.6 Å². The van der Waals surface area contributed by atoms with Crippen LogP contribution in [0.1, 0.15) is 28.0 Å². The van der Waals surface area contributed by atoms with Crippen LogP contribution in [-0.2, 0) is 6.54 Å². The zero-order valence-electron chi connectivity index (χ0n) is 12.1. The number of amides is 1. The predicted molar refractivity (Wildman–Crippen MR) is 83.6 cm³/mol. The fraction of sp³-hybridized carbons (Fsp3) is 0.333. The Morgan fingerprint density at radius 1 is 1.48 bits per heavy atom. The van der Waals surface area contributed by atoms with E-state index in [1.54, 1.807) is 5.38 Å². The number of nitrogens with two attached hydrogens (primary N) is 1. The molecule has 0 fully saturated rings. The SMILES string of the molecule is Cc1ccccc1OC(C)CNC(=O)c1csc(CN)n1. The number of hydrogen-bond donors (Lipinski definition) is 2. The molecule has 1 heterocycles. The zero-order chi connectivity index (χ0) is 15.2. The summed E-state index contributed by atoms with van der Waals surface area (Å²) in [5, 5.41) is 5.28. The highest BCUT2D eigenvalue weighted by Crippen LogP contribution is 2.17. The van der Waals surface area contributed by atoms with Gasteiger partial charge in [-0.05, 0) is 25.5 Å². The standard InChI is InChI=1S/C15H19N3O2S/c1-10-5-3-4-6-13(10)20-11(2)8-17-15(19)12-9-21-14(7-16)18-12/h3-6,9,11H,7-8,16H2,1-2H3,(H,17,19). The highest BCUT2D eigenvalue weighted by molar-refractivity contribution is 7.09. The van der Waals surface area contributed by atoms with E-state index in [1.807, 2.05) is 38.1 Å². The maximum absolute atomic E-state index is 11.9. The minimum absolute atomic E-state index is 0.123. The Bertz CT molecular complexity index is 612. The van der Waals surface area contributed by atoms with Crippen LogP contribution < -0.4 is 15.8 Å². The molecule has 1 aromatic heterocycles. The van der Waals surface area contributed by atoms with Gasteiger partial charge < -0.3 is 15.8 Å². The number of hydrogen-bond acceptors (Lipinski definition) is 5. The summed E-state index contributed by atoms with van der Waals surface area (Å²) in [6, 6.07) is 7.80. The van der Waals surface area contributed by atoms with Crippen LogP contribution in [0.25, 0.3) is 0 Å². The Balaban J connectivity index is 1.85. The van der Waals surface area contributed by atoms with E-state index >= 15 is 0 Å². The van der Waals surface area contributed by atoms with Crippen molar-refractivity contribution in [3.8, 4) is 5.75 Å². The van der Waals surface area contributed by atoms with Crippen molar-refractivity contribution in [1.29, 1.82) is 0 Å². The normalized spacial score (nSPS) is 12.0. The molecule has 6 heteroatoms. The summed E-state index contributed by atoms with van der Waals surface area (Å²) < 4.78 is 5.81. The van der Waals surface area contributed by atoms with Crippen molar-refractivity contribution in [2.45, 2.75) is 26.5 Å². The summed E-state index contributed by atoms with van der Waals surface area (Å²) in [7, 11) is 0. The third-order valence-electron chi connectivity index (χ3n) is 2.93. The van der Waals surface area contributed by atoms with E-state index in [9.17, 15) is 4.79 Å². The first-order valence-electron chi connectivity index (χ1n) is 6.75. The number of thiazole rings is 1. The maximum Gasteiger partial charge on any atom is 0.270 e. The molecule has 3 N–H and O–H groups in total. The number of ether oxygens (including phenoxy) is 1. The van der Waals surface area contributed by atoms with Gasteiger partial charge in [0.15, 0.2) is 0 Å². The van der Waals surface area contributed by atoms with Gasteiger partial charge in [0.25, 0.3) is 5.91 Å². The average Bonchev–Trinajstić information content (AvgIpc) is 2.96. The molecule has 0 aliphatic rings. The monoisotopic (exact) mass is 305 g/mol. The fourth-order valence-corrected chi connectivity index (χ4v) is 2.44. The molecule has 5 nitrogen and oxygen atoms in total. The molecule has 112 valence electrons. The molecule has 1 amide bonds. The second-order valence-electron chi connectivity index (χ2n) is 4.73. The molecule has 1 atom stereocenters. The lowest BCUT2D eigenvalue weighted by atomic mass is 10.2. The van der Waals surface area contributed by atoms with Crippen LogP contribution in [0.15, 0.2) is 29.6 Å².